The second-order valence-electron chi connectivity index (χ2n) is 6.84. The van der Waals surface area contributed by atoms with Gasteiger partial charge in [-0.05, 0) is 48.4 Å². The highest BCUT2D eigenvalue weighted by Gasteiger charge is 2.15. The summed E-state index contributed by atoms with van der Waals surface area (Å²) in [4.78, 5) is 9.68. The molecule has 0 unspecified atom stereocenters. The fraction of sp³-hybridized carbons (Fsp3) is 0.0400. The van der Waals surface area contributed by atoms with Gasteiger partial charge in [-0.15, -0.1) is 0 Å². The Bertz CT molecular complexity index is 1420. The minimum absolute atomic E-state index is 0.280. The molecule has 0 atom stereocenters. The number of rotatable bonds is 1. The molecule has 0 N–H and O–H groups in total. The van der Waals surface area contributed by atoms with Gasteiger partial charge in [0.2, 0.25) is 0 Å². The van der Waals surface area contributed by atoms with E-state index < -0.39 is 0 Å². The van der Waals surface area contributed by atoms with Crippen molar-refractivity contribution in [3.05, 3.63) is 96.1 Å². The summed E-state index contributed by atoms with van der Waals surface area (Å²) in [7, 11) is 2.02. The molecular formula is C25H16FN3. The average Bonchev–Trinajstić information content (AvgIpc) is 3.09. The third kappa shape index (κ3) is 3.13. The summed E-state index contributed by atoms with van der Waals surface area (Å²) in [6.07, 6.45) is 2.06. The third-order valence-corrected chi connectivity index (χ3v) is 4.89. The van der Waals surface area contributed by atoms with Crippen molar-refractivity contribution < 1.29 is 4.39 Å². The normalized spacial score (nSPS) is 10.8. The fourth-order valence-electron chi connectivity index (χ4n) is 3.47. The van der Waals surface area contributed by atoms with Gasteiger partial charge in [0.05, 0.1) is 11.0 Å². The predicted molar refractivity (Wildman–Crippen MR) is 114 cm³/mol. The smallest absolute Gasteiger partial charge is 0.140 e. The molecule has 2 aromatic heterocycles. The van der Waals surface area contributed by atoms with Crippen LogP contribution in [0, 0.1) is 17.7 Å². The summed E-state index contributed by atoms with van der Waals surface area (Å²) in [5, 5.41) is 1.10. The number of aryl methyl sites for hydroxylation is 1. The van der Waals surface area contributed by atoms with E-state index in [9.17, 15) is 4.39 Å². The molecular weight excluding hydrogens is 361 g/mol. The van der Waals surface area contributed by atoms with Crippen LogP contribution in [0.4, 0.5) is 4.39 Å². The molecule has 0 saturated heterocycles. The van der Waals surface area contributed by atoms with Gasteiger partial charge in [0.25, 0.3) is 0 Å². The number of hydrogen-bond donors (Lipinski definition) is 0. The van der Waals surface area contributed by atoms with E-state index in [-0.39, 0.29) is 5.82 Å². The van der Waals surface area contributed by atoms with E-state index in [1.165, 1.54) is 12.1 Å². The lowest BCUT2D eigenvalue weighted by molar-refractivity contribution is 0.627. The Hall–Kier alpha value is -3.97. The van der Waals surface area contributed by atoms with Crippen LogP contribution in [-0.2, 0) is 7.05 Å². The maximum absolute atomic E-state index is 13.2. The lowest BCUT2D eigenvalue weighted by Crippen LogP contribution is -1.95. The molecule has 0 spiro atoms. The van der Waals surface area contributed by atoms with Crippen molar-refractivity contribution in [2.45, 2.75) is 0 Å². The van der Waals surface area contributed by atoms with Gasteiger partial charge in [-0.1, -0.05) is 36.3 Å². The molecule has 0 aliphatic heterocycles. The first-order valence-electron chi connectivity index (χ1n) is 9.28. The molecule has 0 fully saturated rings. The van der Waals surface area contributed by atoms with Gasteiger partial charge < -0.3 is 4.57 Å². The number of halogens is 1. The van der Waals surface area contributed by atoms with E-state index >= 15 is 0 Å². The summed E-state index contributed by atoms with van der Waals surface area (Å²) in [5.41, 5.74) is 5.80. The summed E-state index contributed by atoms with van der Waals surface area (Å²) in [5.74, 6) is 5.97. The van der Waals surface area contributed by atoms with Gasteiger partial charge in [-0.2, -0.15) is 0 Å². The van der Waals surface area contributed by atoms with E-state index in [1.807, 2.05) is 43.4 Å². The second kappa shape index (κ2) is 6.88. The Morgan fingerprint density at radius 2 is 1.48 bits per heavy atom. The Balaban J connectivity index is 1.75. The van der Waals surface area contributed by atoms with Crippen LogP contribution in [0.25, 0.3) is 33.2 Å². The van der Waals surface area contributed by atoms with Crippen LogP contribution in [0.3, 0.4) is 0 Å². The third-order valence-electron chi connectivity index (χ3n) is 4.89. The van der Waals surface area contributed by atoms with Crippen LogP contribution >= 0.6 is 0 Å². The zero-order valence-corrected chi connectivity index (χ0v) is 15.7. The quantitative estimate of drug-likeness (QED) is 0.370. The SMILES string of the molecule is Cn1cc(-c2nc3ccccc3nc2C#Cc2ccc(F)cc2)c2ccccc21. The van der Waals surface area contributed by atoms with Crippen LogP contribution in [0.2, 0.25) is 0 Å². The van der Waals surface area contributed by atoms with Crippen molar-refractivity contribution in [2.75, 3.05) is 0 Å². The molecule has 3 nitrogen and oxygen atoms in total. The molecule has 4 heteroatoms. The summed E-state index contributed by atoms with van der Waals surface area (Å²) in [6.45, 7) is 0. The first kappa shape index (κ1) is 17.2. The van der Waals surface area contributed by atoms with E-state index in [0.29, 0.717) is 5.69 Å². The van der Waals surface area contributed by atoms with Crippen LogP contribution in [-0.4, -0.2) is 14.5 Å². The summed E-state index contributed by atoms with van der Waals surface area (Å²) in [6, 6.07) is 22.1. The zero-order chi connectivity index (χ0) is 19.8. The van der Waals surface area contributed by atoms with Gasteiger partial charge in [-0.3, -0.25) is 0 Å². The molecule has 0 amide bonds. The predicted octanol–water partition coefficient (Wildman–Crippen LogP) is 5.33. The lowest BCUT2D eigenvalue weighted by atomic mass is 10.1. The number of benzene rings is 3. The van der Waals surface area contributed by atoms with Crippen LogP contribution in [0.1, 0.15) is 11.3 Å². The molecule has 0 bridgehead atoms. The molecule has 5 rings (SSSR count). The monoisotopic (exact) mass is 377 g/mol. The van der Waals surface area contributed by atoms with E-state index in [4.69, 9.17) is 9.97 Å². The van der Waals surface area contributed by atoms with Gasteiger partial charge in [0.1, 0.15) is 17.2 Å². The molecule has 0 saturated carbocycles. The van der Waals surface area contributed by atoms with Crippen LogP contribution < -0.4 is 0 Å². The second-order valence-corrected chi connectivity index (χ2v) is 6.84. The van der Waals surface area contributed by atoms with Crippen molar-refractivity contribution >= 4 is 21.9 Å². The molecule has 138 valence electrons. The van der Waals surface area contributed by atoms with E-state index in [1.54, 1.807) is 12.1 Å². The first-order chi connectivity index (χ1) is 14.2. The highest BCUT2D eigenvalue weighted by molar-refractivity contribution is 5.97. The van der Waals surface area contributed by atoms with E-state index in [2.05, 4.69) is 34.7 Å². The van der Waals surface area contributed by atoms with Crippen LogP contribution in [0.15, 0.2) is 79.0 Å². The Morgan fingerprint density at radius 3 is 2.28 bits per heavy atom. The van der Waals surface area contributed by atoms with Gasteiger partial charge >= 0.3 is 0 Å². The Kier molecular flexibility index (Phi) is 4.07. The van der Waals surface area contributed by atoms with Crippen molar-refractivity contribution in [3.63, 3.8) is 0 Å². The Morgan fingerprint density at radius 1 is 0.793 bits per heavy atom. The standard InChI is InChI=1S/C25H16FN3/c1-29-16-20(19-6-2-5-9-24(19)29)25-23(15-12-17-10-13-18(26)14-11-17)27-21-7-3-4-8-22(21)28-25/h2-11,13-14,16H,1H3. The molecule has 5 aromatic rings. The van der Waals surface area contributed by atoms with E-state index in [0.717, 1.165) is 38.8 Å². The molecule has 0 aliphatic rings. The molecule has 2 heterocycles. The summed E-state index contributed by atoms with van der Waals surface area (Å²) < 4.78 is 15.3. The van der Waals surface area contributed by atoms with Crippen molar-refractivity contribution in [3.8, 4) is 23.1 Å². The number of hydrogen-bond acceptors (Lipinski definition) is 2. The highest BCUT2D eigenvalue weighted by atomic mass is 19.1. The number of nitrogens with zero attached hydrogens (tertiary/aromatic N) is 3. The fourth-order valence-corrected chi connectivity index (χ4v) is 3.47. The minimum atomic E-state index is -0.280. The minimum Gasteiger partial charge on any atom is -0.350 e. The Labute approximate surface area is 167 Å². The summed E-state index contributed by atoms with van der Waals surface area (Å²) >= 11 is 0. The first-order valence-corrected chi connectivity index (χ1v) is 9.28. The zero-order valence-electron chi connectivity index (χ0n) is 15.7. The van der Waals surface area contributed by atoms with Crippen molar-refractivity contribution in [1.29, 1.82) is 0 Å². The lowest BCUT2D eigenvalue weighted by Gasteiger charge is -2.05. The van der Waals surface area contributed by atoms with Crippen molar-refractivity contribution in [2.24, 2.45) is 7.05 Å². The van der Waals surface area contributed by atoms with Gasteiger partial charge in [0.15, 0.2) is 0 Å². The molecule has 0 aliphatic carbocycles. The molecule has 0 radical (unpaired) electrons. The number of fused-ring (bicyclic) bond motifs is 2. The maximum Gasteiger partial charge on any atom is 0.140 e. The highest BCUT2D eigenvalue weighted by Crippen LogP contribution is 2.31. The van der Waals surface area contributed by atoms with Gasteiger partial charge in [0, 0.05) is 35.3 Å². The maximum atomic E-state index is 13.2. The largest absolute Gasteiger partial charge is 0.350 e. The average molecular weight is 377 g/mol. The topological polar surface area (TPSA) is 30.7 Å². The van der Waals surface area contributed by atoms with Crippen molar-refractivity contribution in [1.82, 2.24) is 14.5 Å². The number of para-hydroxylation sites is 3. The molecule has 29 heavy (non-hydrogen) atoms. The van der Waals surface area contributed by atoms with Crippen LogP contribution in [0.5, 0.6) is 0 Å². The van der Waals surface area contributed by atoms with Gasteiger partial charge in [-0.25, -0.2) is 14.4 Å². The number of aromatic nitrogens is 3. The molecule has 3 aromatic carbocycles.